The van der Waals surface area contributed by atoms with Crippen molar-refractivity contribution in [3.05, 3.63) is 65.2 Å². The number of aromatic nitrogens is 2. The second kappa shape index (κ2) is 8.64. The molecule has 27 heavy (non-hydrogen) atoms. The molecule has 0 bridgehead atoms. The standard InChI is InChI=1S/C20H22N4O2S/c1-14(2)22-18(25)11-21-20(26)16-13-24(12-15-7-4-3-5-8-15)23-19(16)17-9-6-10-27-17/h3-10,13-14H,11-12H2,1-2H3,(H,21,26)(H,22,25). The Morgan fingerprint density at radius 2 is 1.93 bits per heavy atom. The van der Waals surface area contributed by atoms with Gasteiger partial charge in [-0.15, -0.1) is 11.3 Å². The van der Waals surface area contributed by atoms with Crippen LogP contribution in [0.1, 0.15) is 29.8 Å². The summed E-state index contributed by atoms with van der Waals surface area (Å²) in [5.41, 5.74) is 2.19. The van der Waals surface area contributed by atoms with E-state index in [1.165, 1.54) is 11.3 Å². The zero-order chi connectivity index (χ0) is 19.2. The van der Waals surface area contributed by atoms with Crippen molar-refractivity contribution in [1.29, 1.82) is 0 Å². The lowest BCUT2D eigenvalue weighted by molar-refractivity contribution is -0.120. The van der Waals surface area contributed by atoms with Crippen LogP contribution in [-0.4, -0.2) is 34.2 Å². The predicted octanol–water partition coefficient (Wildman–Crippen LogP) is 2.91. The minimum Gasteiger partial charge on any atom is -0.352 e. The molecule has 7 heteroatoms. The minimum absolute atomic E-state index is 0.0321. The van der Waals surface area contributed by atoms with Crippen LogP contribution in [0, 0.1) is 0 Å². The first-order valence-corrected chi connectivity index (χ1v) is 9.63. The van der Waals surface area contributed by atoms with Crippen molar-refractivity contribution in [2.75, 3.05) is 6.54 Å². The van der Waals surface area contributed by atoms with Gasteiger partial charge in [0.25, 0.3) is 5.91 Å². The van der Waals surface area contributed by atoms with Crippen molar-refractivity contribution in [3.8, 4) is 10.6 Å². The fraction of sp³-hybridized carbons (Fsp3) is 0.250. The molecule has 2 amide bonds. The Bertz CT molecular complexity index is 901. The van der Waals surface area contributed by atoms with Crippen molar-refractivity contribution < 1.29 is 9.59 Å². The van der Waals surface area contributed by atoms with Crippen LogP contribution < -0.4 is 10.6 Å². The molecule has 0 spiro atoms. The fourth-order valence-electron chi connectivity index (χ4n) is 2.66. The Kier molecular flexibility index (Phi) is 6.03. The summed E-state index contributed by atoms with van der Waals surface area (Å²) in [6.45, 7) is 4.26. The van der Waals surface area contributed by atoms with Gasteiger partial charge in [-0.1, -0.05) is 36.4 Å². The quantitative estimate of drug-likeness (QED) is 0.660. The van der Waals surface area contributed by atoms with Gasteiger partial charge in [0.1, 0.15) is 5.69 Å². The number of nitrogens with zero attached hydrogens (tertiary/aromatic N) is 2. The summed E-state index contributed by atoms with van der Waals surface area (Å²) in [5, 5.41) is 12.0. The molecule has 0 unspecified atom stereocenters. The second-order valence-electron chi connectivity index (χ2n) is 6.46. The van der Waals surface area contributed by atoms with E-state index < -0.39 is 0 Å². The number of carbonyl (C=O) groups excluding carboxylic acids is 2. The fourth-order valence-corrected chi connectivity index (χ4v) is 3.39. The summed E-state index contributed by atoms with van der Waals surface area (Å²) < 4.78 is 1.76. The number of benzene rings is 1. The molecule has 0 saturated heterocycles. The summed E-state index contributed by atoms with van der Waals surface area (Å²) in [5.74, 6) is -0.524. The first-order chi connectivity index (χ1) is 13.0. The van der Waals surface area contributed by atoms with Crippen LogP contribution in [0.3, 0.4) is 0 Å². The van der Waals surface area contributed by atoms with E-state index in [2.05, 4.69) is 15.7 Å². The maximum atomic E-state index is 12.7. The number of carbonyl (C=O) groups is 2. The van der Waals surface area contributed by atoms with Gasteiger partial charge in [0.2, 0.25) is 5.91 Å². The zero-order valence-corrected chi connectivity index (χ0v) is 16.1. The molecule has 1 aromatic carbocycles. The average molecular weight is 382 g/mol. The number of rotatable bonds is 7. The molecule has 0 fully saturated rings. The monoisotopic (exact) mass is 382 g/mol. The maximum absolute atomic E-state index is 12.7. The minimum atomic E-state index is -0.309. The van der Waals surface area contributed by atoms with E-state index in [0.717, 1.165) is 10.4 Å². The van der Waals surface area contributed by atoms with Crippen LogP contribution >= 0.6 is 11.3 Å². The van der Waals surface area contributed by atoms with E-state index in [1.807, 2.05) is 61.7 Å². The summed E-state index contributed by atoms with van der Waals surface area (Å²) >= 11 is 1.52. The first-order valence-electron chi connectivity index (χ1n) is 8.75. The lowest BCUT2D eigenvalue weighted by atomic mass is 10.2. The van der Waals surface area contributed by atoms with E-state index in [9.17, 15) is 9.59 Å². The molecular weight excluding hydrogens is 360 g/mol. The van der Waals surface area contributed by atoms with Gasteiger partial charge in [-0.3, -0.25) is 14.3 Å². The normalized spacial score (nSPS) is 10.8. The van der Waals surface area contributed by atoms with Crippen molar-refractivity contribution in [1.82, 2.24) is 20.4 Å². The van der Waals surface area contributed by atoms with Gasteiger partial charge in [0, 0.05) is 12.2 Å². The smallest absolute Gasteiger partial charge is 0.255 e. The molecule has 0 saturated carbocycles. The van der Waals surface area contributed by atoms with Crippen LogP contribution in [0.2, 0.25) is 0 Å². The Balaban J connectivity index is 1.80. The third kappa shape index (κ3) is 5.04. The molecule has 6 nitrogen and oxygen atoms in total. The molecule has 0 aliphatic carbocycles. The van der Waals surface area contributed by atoms with Gasteiger partial charge in [-0.05, 0) is 30.9 Å². The van der Waals surface area contributed by atoms with Crippen LogP contribution in [-0.2, 0) is 11.3 Å². The van der Waals surface area contributed by atoms with Crippen LogP contribution in [0.5, 0.6) is 0 Å². The maximum Gasteiger partial charge on any atom is 0.255 e. The molecule has 0 aliphatic heterocycles. The molecular formula is C20H22N4O2S. The summed E-state index contributed by atoms with van der Waals surface area (Å²) in [7, 11) is 0. The van der Waals surface area contributed by atoms with Gasteiger partial charge in [-0.2, -0.15) is 5.10 Å². The third-order valence-electron chi connectivity index (χ3n) is 3.81. The highest BCUT2D eigenvalue weighted by atomic mass is 32.1. The van der Waals surface area contributed by atoms with Crippen molar-refractivity contribution in [3.63, 3.8) is 0 Å². The van der Waals surface area contributed by atoms with E-state index >= 15 is 0 Å². The summed E-state index contributed by atoms with van der Waals surface area (Å²) in [6, 6.07) is 13.8. The van der Waals surface area contributed by atoms with E-state index in [-0.39, 0.29) is 24.4 Å². The highest BCUT2D eigenvalue weighted by Gasteiger charge is 2.19. The number of nitrogens with one attached hydrogen (secondary N) is 2. The summed E-state index contributed by atoms with van der Waals surface area (Å²) in [6.07, 6.45) is 1.73. The lowest BCUT2D eigenvalue weighted by Crippen LogP contribution is -2.39. The molecule has 2 N–H and O–H groups in total. The van der Waals surface area contributed by atoms with Crippen molar-refractivity contribution in [2.24, 2.45) is 0 Å². The average Bonchev–Trinajstić information content (AvgIpc) is 3.29. The number of hydrogen-bond donors (Lipinski definition) is 2. The third-order valence-corrected chi connectivity index (χ3v) is 4.68. The highest BCUT2D eigenvalue weighted by molar-refractivity contribution is 7.13. The Morgan fingerprint density at radius 3 is 2.59 bits per heavy atom. The molecule has 0 aliphatic rings. The SMILES string of the molecule is CC(C)NC(=O)CNC(=O)c1cn(Cc2ccccc2)nc1-c1cccs1. The molecule has 140 valence electrons. The largest absolute Gasteiger partial charge is 0.352 e. The summed E-state index contributed by atoms with van der Waals surface area (Å²) in [4.78, 5) is 25.4. The Morgan fingerprint density at radius 1 is 1.15 bits per heavy atom. The van der Waals surface area contributed by atoms with Gasteiger partial charge in [0.05, 0.1) is 23.5 Å². The van der Waals surface area contributed by atoms with E-state index in [0.29, 0.717) is 17.8 Å². The van der Waals surface area contributed by atoms with Crippen LogP contribution in [0.15, 0.2) is 54.0 Å². The highest BCUT2D eigenvalue weighted by Crippen LogP contribution is 2.27. The van der Waals surface area contributed by atoms with E-state index in [1.54, 1.807) is 10.9 Å². The lowest BCUT2D eigenvalue weighted by Gasteiger charge is -2.09. The molecule has 3 aromatic rings. The second-order valence-corrected chi connectivity index (χ2v) is 7.40. The van der Waals surface area contributed by atoms with Gasteiger partial charge < -0.3 is 10.6 Å². The number of thiophene rings is 1. The molecule has 3 rings (SSSR count). The Hall–Kier alpha value is -2.93. The molecule has 2 heterocycles. The first kappa shape index (κ1) is 18.8. The number of amides is 2. The predicted molar refractivity (Wildman–Crippen MR) is 107 cm³/mol. The van der Waals surface area contributed by atoms with Gasteiger partial charge >= 0.3 is 0 Å². The molecule has 0 atom stereocenters. The topological polar surface area (TPSA) is 76.0 Å². The molecule has 0 radical (unpaired) electrons. The van der Waals surface area contributed by atoms with Gasteiger partial charge in [0.15, 0.2) is 0 Å². The number of hydrogen-bond acceptors (Lipinski definition) is 4. The van der Waals surface area contributed by atoms with E-state index in [4.69, 9.17) is 0 Å². The zero-order valence-electron chi connectivity index (χ0n) is 15.3. The van der Waals surface area contributed by atoms with Crippen molar-refractivity contribution >= 4 is 23.2 Å². The Labute approximate surface area is 162 Å². The van der Waals surface area contributed by atoms with Crippen LogP contribution in [0.4, 0.5) is 0 Å². The van der Waals surface area contributed by atoms with Gasteiger partial charge in [-0.25, -0.2) is 0 Å². The molecule has 2 aromatic heterocycles. The van der Waals surface area contributed by atoms with Crippen molar-refractivity contribution in [2.45, 2.75) is 26.4 Å². The van der Waals surface area contributed by atoms with Crippen LogP contribution in [0.25, 0.3) is 10.6 Å².